The first-order valence-electron chi connectivity index (χ1n) is 4.16. The zero-order chi connectivity index (χ0) is 8.10. The molecule has 1 fully saturated rings. The van der Waals surface area contributed by atoms with Gasteiger partial charge in [-0.1, -0.05) is 6.58 Å². The molecule has 0 atom stereocenters. The van der Waals surface area contributed by atoms with Gasteiger partial charge in [0.25, 0.3) is 0 Å². The second-order valence-electron chi connectivity index (χ2n) is 2.90. The molecule has 0 radical (unpaired) electrons. The first kappa shape index (κ1) is 8.56. The fourth-order valence-corrected chi connectivity index (χ4v) is 1.31. The maximum absolute atomic E-state index is 5.41. The Bertz CT molecular complexity index is 125. The molecule has 1 saturated heterocycles. The molecular weight excluding hydrogens is 138 g/mol. The smallest absolute Gasteiger partial charge is 0.0702 e. The van der Waals surface area contributed by atoms with Crippen molar-refractivity contribution >= 4 is 0 Å². The molecule has 0 aromatic heterocycles. The Kier molecular flexibility index (Phi) is 3.39. The number of rotatable bonds is 4. The molecule has 64 valence electrons. The normalized spacial score (nSPS) is 19.2. The second kappa shape index (κ2) is 4.36. The Hall–Kier alpha value is -0.540. The van der Waals surface area contributed by atoms with Crippen LogP contribution < -0.4 is 5.73 Å². The highest BCUT2D eigenvalue weighted by Gasteiger charge is 2.14. The number of nitrogens with zero attached hydrogens (tertiary/aromatic N) is 2. The number of nitrogens with two attached hydrogens (primary N) is 1. The summed E-state index contributed by atoms with van der Waals surface area (Å²) >= 11 is 0. The van der Waals surface area contributed by atoms with E-state index < -0.39 is 0 Å². The standard InChI is InChI=1S/C8H17N3/c1-2-10-6-7-11(8-10)5-3-4-9/h2H,1,3-9H2. The zero-order valence-electron chi connectivity index (χ0n) is 7.00. The van der Waals surface area contributed by atoms with Crippen LogP contribution in [0.5, 0.6) is 0 Å². The van der Waals surface area contributed by atoms with Crippen molar-refractivity contribution in [2.24, 2.45) is 5.73 Å². The third kappa shape index (κ3) is 2.52. The van der Waals surface area contributed by atoms with Crippen LogP contribution in [0.15, 0.2) is 12.8 Å². The Balaban J connectivity index is 2.14. The van der Waals surface area contributed by atoms with E-state index in [2.05, 4.69) is 16.4 Å². The van der Waals surface area contributed by atoms with Crippen LogP contribution in [0, 0.1) is 0 Å². The molecule has 2 N–H and O–H groups in total. The molecule has 0 aromatic carbocycles. The van der Waals surface area contributed by atoms with E-state index in [1.807, 2.05) is 6.20 Å². The molecule has 0 amide bonds. The van der Waals surface area contributed by atoms with Gasteiger partial charge in [0.1, 0.15) is 0 Å². The molecule has 11 heavy (non-hydrogen) atoms. The van der Waals surface area contributed by atoms with Gasteiger partial charge in [-0.15, -0.1) is 0 Å². The molecule has 0 unspecified atom stereocenters. The van der Waals surface area contributed by atoms with E-state index in [1.165, 1.54) is 0 Å². The van der Waals surface area contributed by atoms with Crippen LogP contribution in [0.25, 0.3) is 0 Å². The van der Waals surface area contributed by atoms with Gasteiger partial charge >= 0.3 is 0 Å². The summed E-state index contributed by atoms with van der Waals surface area (Å²) < 4.78 is 0. The summed E-state index contributed by atoms with van der Waals surface area (Å²) in [4.78, 5) is 4.62. The van der Waals surface area contributed by atoms with Gasteiger partial charge in [0.15, 0.2) is 0 Å². The highest BCUT2D eigenvalue weighted by atomic mass is 15.4. The van der Waals surface area contributed by atoms with Gasteiger partial charge in [0.05, 0.1) is 6.67 Å². The number of hydrogen-bond donors (Lipinski definition) is 1. The van der Waals surface area contributed by atoms with Crippen molar-refractivity contribution < 1.29 is 0 Å². The molecule has 0 saturated carbocycles. The molecule has 1 rings (SSSR count). The molecule has 1 aliphatic heterocycles. The fourth-order valence-electron chi connectivity index (χ4n) is 1.31. The van der Waals surface area contributed by atoms with Gasteiger partial charge in [-0.25, -0.2) is 0 Å². The predicted molar refractivity (Wildman–Crippen MR) is 47.0 cm³/mol. The summed E-state index contributed by atoms with van der Waals surface area (Å²) in [5, 5.41) is 0. The highest BCUT2D eigenvalue weighted by Crippen LogP contribution is 2.04. The molecule has 0 aliphatic carbocycles. The average molecular weight is 155 g/mol. The van der Waals surface area contributed by atoms with Crippen molar-refractivity contribution in [2.45, 2.75) is 6.42 Å². The van der Waals surface area contributed by atoms with Crippen LogP contribution in [0.4, 0.5) is 0 Å². The van der Waals surface area contributed by atoms with Crippen molar-refractivity contribution in [2.75, 3.05) is 32.8 Å². The molecule has 0 spiro atoms. The maximum atomic E-state index is 5.41. The molecule has 0 aromatic rings. The lowest BCUT2D eigenvalue weighted by Crippen LogP contribution is -2.25. The summed E-state index contributed by atoms with van der Waals surface area (Å²) in [6.45, 7) is 8.96. The minimum atomic E-state index is 0.796. The predicted octanol–water partition coefficient (Wildman–Crippen LogP) is 0.0538. The fraction of sp³-hybridized carbons (Fsp3) is 0.750. The van der Waals surface area contributed by atoms with Gasteiger partial charge in [0, 0.05) is 19.6 Å². The van der Waals surface area contributed by atoms with E-state index in [0.717, 1.165) is 39.3 Å². The lowest BCUT2D eigenvalue weighted by Gasteiger charge is -2.15. The van der Waals surface area contributed by atoms with Crippen molar-refractivity contribution in [1.82, 2.24) is 9.80 Å². The SMILES string of the molecule is C=CN1CCN(CCCN)C1. The van der Waals surface area contributed by atoms with Gasteiger partial charge in [-0.2, -0.15) is 0 Å². The second-order valence-corrected chi connectivity index (χ2v) is 2.90. The minimum absolute atomic E-state index is 0.796. The van der Waals surface area contributed by atoms with Crippen LogP contribution in [0.2, 0.25) is 0 Å². The summed E-state index contributed by atoms with van der Waals surface area (Å²) in [5.41, 5.74) is 5.41. The van der Waals surface area contributed by atoms with Crippen molar-refractivity contribution in [3.8, 4) is 0 Å². The van der Waals surface area contributed by atoms with E-state index in [-0.39, 0.29) is 0 Å². The van der Waals surface area contributed by atoms with Crippen LogP contribution in [0.1, 0.15) is 6.42 Å². The van der Waals surface area contributed by atoms with Crippen LogP contribution in [-0.2, 0) is 0 Å². The van der Waals surface area contributed by atoms with E-state index >= 15 is 0 Å². The van der Waals surface area contributed by atoms with Crippen LogP contribution in [0.3, 0.4) is 0 Å². The first-order valence-corrected chi connectivity index (χ1v) is 4.16. The van der Waals surface area contributed by atoms with Crippen molar-refractivity contribution in [1.29, 1.82) is 0 Å². The van der Waals surface area contributed by atoms with Gasteiger partial charge in [-0.3, -0.25) is 4.90 Å². The van der Waals surface area contributed by atoms with Crippen LogP contribution >= 0.6 is 0 Å². The average Bonchev–Trinajstić information content (AvgIpc) is 2.48. The Labute approximate surface area is 68.5 Å². The molecule has 1 heterocycles. The maximum Gasteiger partial charge on any atom is 0.0702 e. The summed E-state index contributed by atoms with van der Waals surface area (Å²) in [6.07, 6.45) is 3.01. The Morgan fingerprint density at radius 1 is 1.45 bits per heavy atom. The van der Waals surface area contributed by atoms with Gasteiger partial charge in [-0.05, 0) is 19.2 Å². The molecule has 3 nitrogen and oxygen atoms in total. The summed E-state index contributed by atoms with van der Waals surface area (Å²) in [6, 6.07) is 0. The first-order chi connectivity index (χ1) is 5.36. The summed E-state index contributed by atoms with van der Waals surface area (Å²) in [7, 11) is 0. The third-order valence-corrected chi connectivity index (χ3v) is 2.02. The van der Waals surface area contributed by atoms with E-state index in [1.54, 1.807) is 0 Å². The van der Waals surface area contributed by atoms with Crippen molar-refractivity contribution in [3.63, 3.8) is 0 Å². The monoisotopic (exact) mass is 155 g/mol. The zero-order valence-corrected chi connectivity index (χ0v) is 7.00. The quantitative estimate of drug-likeness (QED) is 0.623. The number of hydrogen-bond acceptors (Lipinski definition) is 3. The Morgan fingerprint density at radius 2 is 2.27 bits per heavy atom. The lowest BCUT2D eigenvalue weighted by atomic mass is 10.4. The largest absolute Gasteiger partial charge is 0.364 e. The third-order valence-electron chi connectivity index (χ3n) is 2.02. The van der Waals surface area contributed by atoms with E-state index in [4.69, 9.17) is 5.73 Å². The minimum Gasteiger partial charge on any atom is -0.364 e. The Morgan fingerprint density at radius 3 is 2.82 bits per heavy atom. The van der Waals surface area contributed by atoms with Gasteiger partial charge in [0.2, 0.25) is 0 Å². The molecule has 0 bridgehead atoms. The van der Waals surface area contributed by atoms with Crippen LogP contribution in [-0.4, -0.2) is 42.6 Å². The molecule has 1 aliphatic rings. The lowest BCUT2D eigenvalue weighted by molar-refractivity contribution is 0.288. The molecular formula is C8H17N3. The molecule has 3 heteroatoms. The van der Waals surface area contributed by atoms with Crippen molar-refractivity contribution in [3.05, 3.63) is 12.8 Å². The highest BCUT2D eigenvalue weighted by molar-refractivity contribution is 4.78. The van der Waals surface area contributed by atoms with E-state index in [9.17, 15) is 0 Å². The summed E-state index contributed by atoms with van der Waals surface area (Å²) in [5.74, 6) is 0. The van der Waals surface area contributed by atoms with E-state index in [0.29, 0.717) is 0 Å². The van der Waals surface area contributed by atoms with Gasteiger partial charge < -0.3 is 10.6 Å². The topological polar surface area (TPSA) is 32.5 Å².